The Morgan fingerprint density at radius 2 is 1.71 bits per heavy atom. The van der Waals surface area contributed by atoms with Crippen molar-refractivity contribution < 1.29 is 0 Å². The maximum Gasteiger partial charge on any atom is 0.177 e. The van der Waals surface area contributed by atoms with Gasteiger partial charge in [-0.1, -0.05) is 0 Å². The van der Waals surface area contributed by atoms with Crippen molar-refractivity contribution in [1.29, 1.82) is 0 Å². The lowest BCUT2D eigenvalue weighted by atomic mass is 10.0. The van der Waals surface area contributed by atoms with Gasteiger partial charge in [-0.3, -0.25) is 0 Å². The van der Waals surface area contributed by atoms with Gasteiger partial charge in [-0.25, -0.2) is 9.97 Å². The van der Waals surface area contributed by atoms with E-state index < -0.39 is 0 Å². The topological polar surface area (TPSA) is 75.3 Å². The molecule has 8 heteroatoms. The summed E-state index contributed by atoms with van der Waals surface area (Å²) in [4.78, 5) is 13.4. The van der Waals surface area contributed by atoms with Gasteiger partial charge in [-0.2, -0.15) is 4.52 Å². The summed E-state index contributed by atoms with van der Waals surface area (Å²) in [6.45, 7) is 6.17. The third-order valence-corrected chi connectivity index (χ3v) is 5.07. The van der Waals surface area contributed by atoms with Crippen LogP contribution in [0.15, 0.2) is 30.9 Å². The summed E-state index contributed by atoms with van der Waals surface area (Å²) in [7, 11) is 0. The van der Waals surface area contributed by atoms with E-state index >= 15 is 0 Å². The average Bonchev–Trinajstić information content (AvgIpc) is 3.28. The maximum atomic E-state index is 4.62. The third-order valence-electron chi connectivity index (χ3n) is 5.07. The highest BCUT2D eigenvalue weighted by molar-refractivity contribution is 5.47. The van der Waals surface area contributed by atoms with Crippen molar-refractivity contribution in [3.05, 3.63) is 36.5 Å². The van der Waals surface area contributed by atoms with Crippen LogP contribution in [0.25, 0.3) is 5.65 Å². The summed E-state index contributed by atoms with van der Waals surface area (Å²) in [5, 5.41) is 12.5. The molecule has 2 aliphatic heterocycles. The molecular weight excluding hydrogens is 304 g/mol. The van der Waals surface area contributed by atoms with Gasteiger partial charge in [0.15, 0.2) is 5.65 Å². The van der Waals surface area contributed by atoms with Crippen molar-refractivity contribution in [2.24, 2.45) is 11.8 Å². The van der Waals surface area contributed by atoms with E-state index in [0.717, 1.165) is 49.2 Å². The maximum absolute atomic E-state index is 4.62. The zero-order valence-electron chi connectivity index (χ0n) is 13.4. The van der Waals surface area contributed by atoms with E-state index in [1.54, 1.807) is 17.2 Å². The van der Waals surface area contributed by atoms with Crippen LogP contribution in [0.2, 0.25) is 0 Å². The molecule has 0 aliphatic carbocycles. The average molecular weight is 322 g/mol. The van der Waals surface area contributed by atoms with Crippen LogP contribution in [0.4, 0.5) is 11.6 Å². The first kappa shape index (κ1) is 13.6. The molecule has 0 saturated carbocycles. The number of nitrogens with zero attached hydrogens (tertiary/aromatic N) is 8. The first-order chi connectivity index (χ1) is 11.8. The van der Waals surface area contributed by atoms with Crippen LogP contribution < -0.4 is 9.80 Å². The molecule has 8 nitrogen and oxygen atoms in total. The number of rotatable bonds is 2. The van der Waals surface area contributed by atoms with Gasteiger partial charge in [0, 0.05) is 49.8 Å². The smallest absolute Gasteiger partial charge is 0.177 e. The fraction of sp³-hybridized carbons (Fsp3) is 0.438. The van der Waals surface area contributed by atoms with Crippen molar-refractivity contribution in [2.45, 2.75) is 6.92 Å². The molecule has 2 aliphatic rings. The minimum absolute atomic E-state index is 0.652. The summed E-state index contributed by atoms with van der Waals surface area (Å²) in [5.41, 5.74) is 1.80. The lowest BCUT2D eigenvalue weighted by molar-refractivity contribution is 0.533. The van der Waals surface area contributed by atoms with E-state index in [0.29, 0.717) is 11.8 Å². The number of fused-ring (bicyclic) bond motifs is 2. The van der Waals surface area contributed by atoms with Gasteiger partial charge < -0.3 is 9.80 Å². The van der Waals surface area contributed by atoms with Gasteiger partial charge in [0.2, 0.25) is 0 Å². The summed E-state index contributed by atoms with van der Waals surface area (Å²) in [6, 6.07) is 6.08. The zero-order chi connectivity index (χ0) is 16.1. The Labute approximate surface area is 139 Å². The molecule has 2 saturated heterocycles. The standard InChI is InChI=1S/C16H18N8/c1-11-4-16(18-9-17-11)23-7-12-5-22(6-13(12)8-23)15-3-2-14-20-19-10-24(14)21-15/h2-4,9-10,12-13H,5-8H2,1H3. The second-order valence-corrected chi connectivity index (χ2v) is 6.67. The van der Waals surface area contributed by atoms with Gasteiger partial charge >= 0.3 is 0 Å². The molecule has 0 spiro atoms. The van der Waals surface area contributed by atoms with Crippen LogP contribution in [0.5, 0.6) is 0 Å². The van der Waals surface area contributed by atoms with Crippen molar-refractivity contribution >= 4 is 17.3 Å². The van der Waals surface area contributed by atoms with E-state index in [4.69, 9.17) is 0 Å². The Hall–Kier alpha value is -2.77. The van der Waals surface area contributed by atoms with Crippen molar-refractivity contribution in [3.8, 4) is 0 Å². The molecule has 24 heavy (non-hydrogen) atoms. The van der Waals surface area contributed by atoms with Crippen LogP contribution in [-0.2, 0) is 0 Å². The Morgan fingerprint density at radius 1 is 0.958 bits per heavy atom. The van der Waals surface area contributed by atoms with Crippen molar-refractivity contribution in [3.63, 3.8) is 0 Å². The predicted molar refractivity (Wildman–Crippen MR) is 89.0 cm³/mol. The Morgan fingerprint density at radius 3 is 2.46 bits per heavy atom. The molecule has 2 atom stereocenters. The minimum atomic E-state index is 0.652. The molecule has 3 aromatic rings. The molecule has 2 unspecified atom stereocenters. The number of hydrogen-bond acceptors (Lipinski definition) is 7. The number of aryl methyl sites for hydroxylation is 1. The van der Waals surface area contributed by atoms with E-state index in [1.807, 2.05) is 19.1 Å². The lowest BCUT2D eigenvalue weighted by Crippen LogP contribution is -2.29. The Bertz CT molecular complexity index is 876. The third kappa shape index (κ3) is 2.17. The molecule has 0 bridgehead atoms. The summed E-state index contributed by atoms with van der Waals surface area (Å²) in [5.74, 6) is 3.35. The molecule has 2 fully saturated rings. The summed E-state index contributed by atoms with van der Waals surface area (Å²) in [6.07, 6.45) is 3.30. The van der Waals surface area contributed by atoms with Gasteiger partial charge in [-0.05, 0) is 19.1 Å². The molecule has 5 rings (SSSR count). The Kier molecular flexibility index (Phi) is 2.91. The molecular formula is C16H18N8. The quantitative estimate of drug-likeness (QED) is 0.690. The second kappa shape index (κ2) is 5.12. The molecule has 0 radical (unpaired) electrons. The van der Waals surface area contributed by atoms with E-state index in [1.165, 1.54) is 0 Å². The highest BCUT2D eigenvalue weighted by Crippen LogP contribution is 2.34. The zero-order valence-corrected chi connectivity index (χ0v) is 13.4. The van der Waals surface area contributed by atoms with E-state index in [2.05, 4.69) is 41.1 Å². The molecule has 0 aromatic carbocycles. The minimum Gasteiger partial charge on any atom is -0.356 e. The molecule has 122 valence electrons. The van der Waals surface area contributed by atoms with Crippen LogP contribution in [0.3, 0.4) is 0 Å². The van der Waals surface area contributed by atoms with Crippen LogP contribution >= 0.6 is 0 Å². The first-order valence-electron chi connectivity index (χ1n) is 8.22. The fourth-order valence-electron chi connectivity index (χ4n) is 3.87. The largest absolute Gasteiger partial charge is 0.356 e. The van der Waals surface area contributed by atoms with Gasteiger partial charge in [0.1, 0.15) is 24.3 Å². The number of aromatic nitrogens is 6. The monoisotopic (exact) mass is 322 g/mol. The highest BCUT2D eigenvalue weighted by atomic mass is 15.4. The molecule has 3 aromatic heterocycles. The van der Waals surface area contributed by atoms with Crippen molar-refractivity contribution in [1.82, 2.24) is 29.8 Å². The summed E-state index contributed by atoms with van der Waals surface area (Å²) < 4.78 is 1.74. The number of hydrogen-bond donors (Lipinski definition) is 0. The first-order valence-corrected chi connectivity index (χ1v) is 8.22. The Balaban J connectivity index is 1.32. The normalized spacial score (nSPS) is 23.2. The predicted octanol–water partition coefficient (Wildman–Crippen LogP) is 0.795. The van der Waals surface area contributed by atoms with E-state index in [9.17, 15) is 0 Å². The molecule has 0 N–H and O–H groups in total. The van der Waals surface area contributed by atoms with Gasteiger partial charge in [0.25, 0.3) is 0 Å². The SMILES string of the molecule is Cc1cc(N2CC3CN(c4ccc5nncn5n4)CC3C2)ncn1. The van der Waals surface area contributed by atoms with Crippen LogP contribution in [0, 0.1) is 18.8 Å². The van der Waals surface area contributed by atoms with Crippen LogP contribution in [0.1, 0.15) is 5.69 Å². The van der Waals surface area contributed by atoms with E-state index in [-0.39, 0.29) is 0 Å². The lowest BCUT2D eigenvalue weighted by Gasteiger charge is -2.23. The van der Waals surface area contributed by atoms with Gasteiger partial charge in [-0.15, -0.1) is 15.3 Å². The van der Waals surface area contributed by atoms with Gasteiger partial charge in [0.05, 0.1) is 0 Å². The number of anilines is 2. The van der Waals surface area contributed by atoms with Crippen molar-refractivity contribution in [2.75, 3.05) is 36.0 Å². The summed E-state index contributed by atoms with van der Waals surface area (Å²) >= 11 is 0. The molecule has 5 heterocycles. The molecule has 0 amide bonds. The van der Waals surface area contributed by atoms with Crippen LogP contribution in [-0.4, -0.2) is 56.0 Å². The highest BCUT2D eigenvalue weighted by Gasteiger charge is 2.41. The fourth-order valence-corrected chi connectivity index (χ4v) is 3.87. The second-order valence-electron chi connectivity index (χ2n) is 6.67.